The lowest BCUT2D eigenvalue weighted by atomic mass is 10.0. The maximum absolute atomic E-state index is 13.0. The molecule has 1 aromatic rings. The van der Waals surface area contributed by atoms with E-state index in [1.54, 1.807) is 0 Å². The fraction of sp³-hybridized carbons (Fsp3) is 0.333. The summed E-state index contributed by atoms with van der Waals surface area (Å²) in [6, 6.07) is 4.82. The molecule has 0 fully saturated rings. The van der Waals surface area contributed by atoms with Crippen molar-refractivity contribution in [3.8, 4) is 0 Å². The molecule has 0 heterocycles. The second-order valence-electron chi connectivity index (χ2n) is 2.86. The van der Waals surface area contributed by atoms with E-state index in [9.17, 15) is 26.3 Å². The lowest BCUT2D eigenvalue weighted by Gasteiger charge is -2.25. The predicted octanol–water partition coefficient (Wildman–Crippen LogP) is 3.68. The molecule has 1 rings (SSSR count). The largest absolute Gasteiger partial charge is 0.373 e. The molecule has 0 unspecified atom stereocenters. The van der Waals surface area contributed by atoms with Crippen molar-refractivity contribution in [3.05, 3.63) is 35.9 Å². The molecule has 0 aliphatic rings. The van der Waals surface area contributed by atoms with E-state index in [0.29, 0.717) is 12.1 Å². The Bertz CT molecular complexity index is 319. The summed E-state index contributed by atoms with van der Waals surface area (Å²) in [5.41, 5.74) is -1.13. The minimum Gasteiger partial charge on any atom is -0.203 e. The van der Waals surface area contributed by atoms with Crippen LogP contribution in [0.1, 0.15) is 5.56 Å². The molecule has 0 amide bonds. The Hall–Kier alpha value is -1.20. The van der Waals surface area contributed by atoms with Gasteiger partial charge in [0.05, 0.1) is 0 Å². The van der Waals surface area contributed by atoms with Crippen LogP contribution in [0.25, 0.3) is 0 Å². The van der Waals surface area contributed by atoms with Gasteiger partial charge < -0.3 is 0 Å². The Labute approximate surface area is 81.5 Å². The molecule has 0 aliphatic carbocycles. The highest BCUT2D eigenvalue weighted by atomic mass is 19.3. The fourth-order valence-corrected chi connectivity index (χ4v) is 0.977. The van der Waals surface area contributed by atoms with Crippen LogP contribution in [0.2, 0.25) is 0 Å². The van der Waals surface area contributed by atoms with Crippen LogP contribution in [-0.4, -0.2) is 12.3 Å². The van der Waals surface area contributed by atoms with Gasteiger partial charge in [-0.15, -0.1) is 0 Å². The Balaban J connectivity index is 3.13. The molecule has 0 atom stereocenters. The second-order valence-corrected chi connectivity index (χ2v) is 2.86. The van der Waals surface area contributed by atoms with Gasteiger partial charge >= 0.3 is 18.3 Å². The quantitative estimate of drug-likeness (QED) is 0.692. The zero-order chi connectivity index (χ0) is 11.7. The van der Waals surface area contributed by atoms with Gasteiger partial charge in [-0.25, -0.2) is 8.78 Å². The third kappa shape index (κ3) is 1.93. The molecule has 0 aromatic heterocycles. The summed E-state index contributed by atoms with van der Waals surface area (Å²) < 4.78 is 74.5. The highest BCUT2D eigenvalue weighted by molar-refractivity contribution is 5.22. The first kappa shape index (κ1) is 11.9. The van der Waals surface area contributed by atoms with E-state index in [1.807, 2.05) is 0 Å². The summed E-state index contributed by atoms with van der Waals surface area (Å²) in [5, 5.41) is 0. The Morgan fingerprint density at radius 1 is 0.867 bits per heavy atom. The molecule has 15 heavy (non-hydrogen) atoms. The molecule has 0 N–H and O–H groups in total. The summed E-state index contributed by atoms with van der Waals surface area (Å²) in [7, 11) is 0. The SMILES string of the molecule is FC(F)C(F)(F)C(F)(F)c1ccccc1. The van der Waals surface area contributed by atoms with Crippen LogP contribution in [0.5, 0.6) is 0 Å². The van der Waals surface area contributed by atoms with Crippen molar-refractivity contribution in [1.29, 1.82) is 0 Å². The predicted molar refractivity (Wildman–Crippen MR) is 41.3 cm³/mol. The average molecular weight is 228 g/mol. The molecule has 0 bridgehead atoms. The fourth-order valence-electron chi connectivity index (χ4n) is 0.977. The van der Waals surface area contributed by atoms with Gasteiger partial charge in [-0.05, 0) is 0 Å². The van der Waals surface area contributed by atoms with E-state index in [4.69, 9.17) is 0 Å². The molecule has 0 saturated carbocycles. The molecule has 0 radical (unpaired) electrons. The van der Waals surface area contributed by atoms with Crippen LogP contribution in [0, 0.1) is 0 Å². The van der Waals surface area contributed by atoms with Crippen molar-refractivity contribution in [2.45, 2.75) is 18.3 Å². The number of rotatable bonds is 3. The molecule has 0 spiro atoms. The topological polar surface area (TPSA) is 0 Å². The highest BCUT2D eigenvalue weighted by Crippen LogP contribution is 2.46. The molecular weight excluding hydrogens is 222 g/mol. The lowest BCUT2D eigenvalue weighted by Crippen LogP contribution is -2.44. The summed E-state index contributed by atoms with van der Waals surface area (Å²) >= 11 is 0. The monoisotopic (exact) mass is 228 g/mol. The Kier molecular flexibility index (Phi) is 2.97. The molecule has 0 saturated heterocycles. The van der Waals surface area contributed by atoms with Crippen molar-refractivity contribution in [1.82, 2.24) is 0 Å². The summed E-state index contributed by atoms with van der Waals surface area (Å²) in [5.74, 6) is -10.2. The molecule has 0 nitrogen and oxygen atoms in total. The molecule has 6 heteroatoms. The lowest BCUT2D eigenvalue weighted by molar-refractivity contribution is -0.270. The van der Waals surface area contributed by atoms with Gasteiger partial charge in [0.15, 0.2) is 0 Å². The van der Waals surface area contributed by atoms with Gasteiger partial charge in [0.25, 0.3) is 0 Å². The minimum absolute atomic E-state index is 0.677. The minimum atomic E-state index is -5.37. The van der Waals surface area contributed by atoms with Crippen LogP contribution < -0.4 is 0 Å². The average Bonchev–Trinajstić information content (AvgIpc) is 2.18. The van der Waals surface area contributed by atoms with Gasteiger partial charge in [0.2, 0.25) is 0 Å². The van der Waals surface area contributed by atoms with Crippen LogP contribution in [0.4, 0.5) is 26.3 Å². The third-order valence-electron chi connectivity index (χ3n) is 1.83. The van der Waals surface area contributed by atoms with Gasteiger partial charge in [0, 0.05) is 5.56 Å². The van der Waals surface area contributed by atoms with Crippen molar-refractivity contribution < 1.29 is 26.3 Å². The van der Waals surface area contributed by atoms with Crippen molar-refractivity contribution >= 4 is 0 Å². The number of benzene rings is 1. The summed E-state index contributed by atoms with van der Waals surface area (Å²) in [6.45, 7) is 0. The number of hydrogen-bond donors (Lipinski definition) is 0. The van der Waals surface area contributed by atoms with Gasteiger partial charge in [-0.2, -0.15) is 17.6 Å². The zero-order valence-corrected chi connectivity index (χ0v) is 7.23. The summed E-state index contributed by atoms with van der Waals surface area (Å²) in [6.07, 6.45) is -4.41. The first-order valence-corrected chi connectivity index (χ1v) is 3.89. The van der Waals surface area contributed by atoms with Gasteiger partial charge in [0.1, 0.15) is 0 Å². The normalized spacial score (nSPS) is 13.3. The zero-order valence-electron chi connectivity index (χ0n) is 7.23. The molecular formula is C9H6F6. The maximum Gasteiger partial charge on any atom is 0.373 e. The molecule has 1 aromatic carbocycles. The van der Waals surface area contributed by atoms with Gasteiger partial charge in [-0.1, -0.05) is 30.3 Å². The van der Waals surface area contributed by atoms with Crippen molar-refractivity contribution in [2.75, 3.05) is 0 Å². The van der Waals surface area contributed by atoms with E-state index >= 15 is 0 Å². The van der Waals surface area contributed by atoms with Crippen LogP contribution in [0.3, 0.4) is 0 Å². The molecule has 0 aliphatic heterocycles. The number of alkyl halides is 6. The van der Waals surface area contributed by atoms with E-state index < -0.39 is 23.8 Å². The van der Waals surface area contributed by atoms with Gasteiger partial charge in [-0.3, -0.25) is 0 Å². The Morgan fingerprint density at radius 2 is 1.33 bits per heavy atom. The number of halogens is 6. The standard InChI is InChI=1S/C9H6F6/c10-7(11)9(14,15)8(12,13)6-4-2-1-3-5-6/h1-5,7H. The van der Waals surface area contributed by atoms with Crippen LogP contribution in [0.15, 0.2) is 30.3 Å². The smallest absolute Gasteiger partial charge is 0.203 e. The van der Waals surface area contributed by atoms with Crippen molar-refractivity contribution in [3.63, 3.8) is 0 Å². The van der Waals surface area contributed by atoms with E-state index in [1.165, 1.54) is 6.07 Å². The first-order valence-electron chi connectivity index (χ1n) is 3.89. The summed E-state index contributed by atoms with van der Waals surface area (Å²) in [4.78, 5) is 0. The number of hydrogen-bond acceptors (Lipinski definition) is 0. The van der Waals surface area contributed by atoms with E-state index in [-0.39, 0.29) is 0 Å². The highest BCUT2D eigenvalue weighted by Gasteiger charge is 2.63. The van der Waals surface area contributed by atoms with Crippen LogP contribution in [-0.2, 0) is 5.92 Å². The molecule has 84 valence electrons. The van der Waals surface area contributed by atoms with E-state index in [0.717, 1.165) is 12.1 Å². The van der Waals surface area contributed by atoms with E-state index in [2.05, 4.69) is 0 Å². The van der Waals surface area contributed by atoms with Crippen LogP contribution >= 0.6 is 0 Å². The second kappa shape index (κ2) is 3.75. The van der Waals surface area contributed by atoms with Crippen molar-refractivity contribution in [2.24, 2.45) is 0 Å². The maximum atomic E-state index is 13.0. The Morgan fingerprint density at radius 3 is 1.73 bits per heavy atom. The third-order valence-corrected chi connectivity index (χ3v) is 1.83. The first-order chi connectivity index (χ1) is 6.80.